The Hall–Kier alpha value is -2.60. The van der Waals surface area contributed by atoms with E-state index in [0.717, 1.165) is 18.7 Å². The summed E-state index contributed by atoms with van der Waals surface area (Å²) in [5.74, 6) is 0. The molecule has 0 fully saturated rings. The molecule has 1 unspecified atom stereocenters. The molecular formula is C23H21ClN2. The van der Waals surface area contributed by atoms with Gasteiger partial charge < -0.3 is 0 Å². The van der Waals surface area contributed by atoms with Crippen LogP contribution in [-0.4, -0.2) is 4.90 Å². The van der Waals surface area contributed by atoms with Gasteiger partial charge in [-0.25, -0.2) is 0 Å². The summed E-state index contributed by atoms with van der Waals surface area (Å²) < 4.78 is 0. The molecule has 3 heteroatoms. The minimum absolute atomic E-state index is 0.0117. The second kappa shape index (κ2) is 9.20. The van der Waals surface area contributed by atoms with Crippen molar-refractivity contribution in [2.24, 2.45) is 0 Å². The van der Waals surface area contributed by atoms with E-state index in [-0.39, 0.29) is 6.04 Å². The fourth-order valence-corrected chi connectivity index (χ4v) is 3.27. The zero-order chi connectivity index (χ0) is 18.2. The summed E-state index contributed by atoms with van der Waals surface area (Å²) in [4.78, 5) is 2.36. The van der Waals surface area contributed by atoms with Crippen LogP contribution in [0.5, 0.6) is 0 Å². The maximum absolute atomic E-state index is 9.43. The highest BCUT2D eigenvalue weighted by Crippen LogP contribution is 2.28. The molecule has 0 spiro atoms. The third-order valence-electron chi connectivity index (χ3n) is 4.44. The molecular weight excluding hydrogens is 340 g/mol. The van der Waals surface area contributed by atoms with Crippen LogP contribution in [0.4, 0.5) is 0 Å². The molecule has 1 atom stereocenters. The third-order valence-corrected chi connectivity index (χ3v) is 4.69. The standard InChI is InChI=1S/C23H21ClN2/c24-22-13-11-21(12-14-22)23(15-16-25)26(17-19-7-3-1-4-8-19)18-20-9-5-2-6-10-20/h1-14,23H,15,17-18H2. The van der Waals surface area contributed by atoms with Gasteiger partial charge in [0.15, 0.2) is 0 Å². The molecule has 0 aliphatic rings. The molecule has 0 aliphatic heterocycles. The highest BCUT2D eigenvalue weighted by atomic mass is 35.5. The monoisotopic (exact) mass is 360 g/mol. The fourth-order valence-electron chi connectivity index (χ4n) is 3.14. The summed E-state index contributed by atoms with van der Waals surface area (Å²) >= 11 is 6.05. The van der Waals surface area contributed by atoms with Gasteiger partial charge in [0.05, 0.1) is 12.5 Å². The number of hydrogen-bond acceptors (Lipinski definition) is 2. The topological polar surface area (TPSA) is 27.0 Å². The smallest absolute Gasteiger partial charge is 0.0641 e. The molecule has 2 nitrogen and oxygen atoms in total. The van der Waals surface area contributed by atoms with Gasteiger partial charge in [0, 0.05) is 24.2 Å². The van der Waals surface area contributed by atoms with Gasteiger partial charge in [-0.05, 0) is 28.8 Å². The molecule has 0 amide bonds. The average Bonchev–Trinajstić information content (AvgIpc) is 2.68. The zero-order valence-corrected chi connectivity index (χ0v) is 15.3. The maximum Gasteiger partial charge on any atom is 0.0641 e. The van der Waals surface area contributed by atoms with E-state index >= 15 is 0 Å². The second-order valence-corrected chi connectivity index (χ2v) is 6.74. The van der Waals surface area contributed by atoms with E-state index in [1.165, 1.54) is 11.1 Å². The van der Waals surface area contributed by atoms with Crippen LogP contribution in [0, 0.1) is 11.3 Å². The van der Waals surface area contributed by atoms with Gasteiger partial charge >= 0.3 is 0 Å². The van der Waals surface area contributed by atoms with Crippen molar-refractivity contribution in [2.45, 2.75) is 25.6 Å². The summed E-state index contributed by atoms with van der Waals surface area (Å²) in [6, 6.07) is 31.0. The van der Waals surface area contributed by atoms with Gasteiger partial charge in [-0.2, -0.15) is 5.26 Å². The first-order valence-corrected chi connectivity index (χ1v) is 9.08. The van der Waals surface area contributed by atoms with Crippen molar-refractivity contribution in [3.63, 3.8) is 0 Å². The fraction of sp³-hybridized carbons (Fsp3) is 0.174. The number of hydrogen-bond donors (Lipinski definition) is 0. The lowest BCUT2D eigenvalue weighted by molar-refractivity contribution is 0.181. The molecule has 3 aromatic rings. The minimum Gasteiger partial charge on any atom is -0.287 e. The summed E-state index contributed by atoms with van der Waals surface area (Å²) in [5.41, 5.74) is 3.59. The van der Waals surface area contributed by atoms with E-state index in [2.05, 4.69) is 59.5 Å². The lowest BCUT2D eigenvalue weighted by Crippen LogP contribution is -2.28. The molecule has 0 saturated carbocycles. The van der Waals surface area contributed by atoms with Crippen LogP contribution in [0.15, 0.2) is 84.9 Å². The average molecular weight is 361 g/mol. The van der Waals surface area contributed by atoms with Gasteiger partial charge in [0.2, 0.25) is 0 Å². The number of nitrogens with zero attached hydrogens (tertiary/aromatic N) is 2. The summed E-state index contributed by atoms with van der Waals surface area (Å²) in [5, 5.41) is 10.1. The van der Waals surface area contributed by atoms with E-state index in [9.17, 15) is 5.26 Å². The molecule has 3 rings (SSSR count). The summed E-state index contributed by atoms with van der Waals surface area (Å²) in [7, 11) is 0. The predicted molar refractivity (Wildman–Crippen MR) is 107 cm³/mol. The van der Waals surface area contributed by atoms with Gasteiger partial charge in [-0.15, -0.1) is 0 Å². The van der Waals surface area contributed by atoms with Crippen LogP contribution >= 0.6 is 11.6 Å². The molecule has 0 saturated heterocycles. The van der Waals surface area contributed by atoms with Crippen LogP contribution in [0.25, 0.3) is 0 Å². The van der Waals surface area contributed by atoms with Crippen LogP contribution in [0.1, 0.15) is 29.2 Å². The second-order valence-electron chi connectivity index (χ2n) is 6.31. The van der Waals surface area contributed by atoms with Gasteiger partial charge in [-0.3, -0.25) is 4.90 Å². The Morgan fingerprint density at radius 1 is 0.769 bits per heavy atom. The molecule has 0 aromatic heterocycles. The van der Waals surface area contributed by atoms with Crippen molar-refractivity contribution in [3.05, 3.63) is 107 Å². The Labute approximate surface area is 160 Å². The largest absolute Gasteiger partial charge is 0.287 e. The predicted octanol–water partition coefficient (Wildman–Crippen LogP) is 6.00. The quantitative estimate of drug-likeness (QED) is 0.516. The lowest BCUT2D eigenvalue weighted by Gasteiger charge is -2.31. The normalized spacial score (nSPS) is 11.9. The number of halogens is 1. The Morgan fingerprint density at radius 2 is 1.27 bits per heavy atom. The Morgan fingerprint density at radius 3 is 1.73 bits per heavy atom. The third kappa shape index (κ3) is 4.95. The van der Waals surface area contributed by atoms with Gasteiger partial charge in [0.1, 0.15) is 0 Å². The van der Waals surface area contributed by atoms with Crippen molar-refractivity contribution >= 4 is 11.6 Å². The SMILES string of the molecule is N#CCC(c1ccc(Cl)cc1)N(Cc1ccccc1)Cc1ccccc1. The first kappa shape index (κ1) is 18.2. The van der Waals surface area contributed by atoms with Crippen molar-refractivity contribution in [1.82, 2.24) is 4.90 Å². The molecule has 0 aliphatic carbocycles. The van der Waals surface area contributed by atoms with Crippen LogP contribution in [0.2, 0.25) is 5.02 Å². The van der Waals surface area contributed by atoms with E-state index in [0.29, 0.717) is 11.4 Å². The number of nitriles is 1. The van der Waals surface area contributed by atoms with Crippen molar-refractivity contribution < 1.29 is 0 Å². The molecule has 0 heterocycles. The van der Waals surface area contributed by atoms with Crippen molar-refractivity contribution in [3.8, 4) is 6.07 Å². The van der Waals surface area contributed by atoms with Crippen molar-refractivity contribution in [1.29, 1.82) is 5.26 Å². The van der Waals surface area contributed by atoms with E-state index < -0.39 is 0 Å². The van der Waals surface area contributed by atoms with Gasteiger partial charge in [0.25, 0.3) is 0 Å². The van der Waals surface area contributed by atoms with Crippen LogP contribution in [0.3, 0.4) is 0 Å². The maximum atomic E-state index is 9.43. The van der Waals surface area contributed by atoms with Crippen LogP contribution < -0.4 is 0 Å². The number of benzene rings is 3. The molecule has 130 valence electrons. The highest BCUT2D eigenvalue weighted by Gasteiger charge is 2.21. The van der Waals surface area contributed by atoms with E-state index in [1.54, 1.807) is 0 Å². The highest BCUT2D eigenvalue weighted by molar-refractivity contribution is 6.30. The Kier molecular flexibility index (Phi) is 6.44. The Bertz CT molecular complexity index is 797. The summed E-state index contributed by atoms with van der Waals surface area (Å²) in [6.45, 7) is 1.56. The molecule has 0 radical (unpaired) electrons. The molecule has 26 heavy (non-hydrogen) atoms. The lowest BCUT2D eigenvalue weighted by atomic mass is 10.0. The molecule has 3 aromatic carbocycles. The van der Waals surface area contributed by atoms with E-state index in [1.807, 2.05) is 36.4 Å². The van der Waals surface area contributed by atoms with Crippen molar-refractivity contribution in [2.75, 3.05) is 0 Å². The zero-order valence-electron chi connectivity index (χ0n) is 14.6. The first-order chi connectivity index (χ1) is 12.8. The molecule has 0 N–H and O–H groups in total. The summed E-state index contributed by atoms with van der Waals surface area (Å²) in [6.07, 6.45) is 0.432. The minimum atomic E-state index is 0.0117. The Balaban J connectivity index is 1.92. The number of rotatable bonds is 7. The van der Waals surface area contributed by atoms with E-state index in [4.69, 9.17) is 11.6 Å². The van der Waals surface area contributed by atoms with Crippen LogP contribution in [-0.2, 0) is 13.1 Å². The molecule has 0 bridgehead atoms. The van der Waals surface area contributed by atoms with Gasteiger partial charge in [-0.1, -0.05) is 84.4 Å². The first-order valence-electron chi connectivity index (χ1n) is 8.70.